The minimum Gasteiger partial charge on any atom is -0.446 e. The molecular weight excluding hydrogens is 238 g/mol. The molecule has 102 valence electrons. The number of piperidine rings is 1. The normalized spacial score (nSPS) is 38.7. The van der Waals surface area contributed by atoms with Crippen molar-refractivity contribution in [2.24, 2.45) is 0 Å². The smallest absolute Gasteiger partial charge is 0.412 e. The van der Waals surface area contributed by atoms with Crippen molar-refractivity contribution in [2.45, 2.75) is 50.3 Å². The Labute approximate surface area is 106 Å². The molecule has 0 unspecified atom stereocenters. The van der Waals surface area contributed by atoms with Crippen molar-refractivity contribution >= 4 is 6.09 Å². The molecule has 3 fully saturated rings. The highest BCUT2D eigenvalue weighted by Gasteiger charge is 2.52. The summed E-state index contributed by atoms with van der Waals surface area (Å²) >= 11 is 0. The van der Waals surface area contributed by atoms with Gasteiger partial charge in [-0.15, -0.1) is 0 Å². The van der Waals surface area contributed by atoms with E-state index >= 15 is 0 Å². The van der Waals surface area contributed by atoms with Gasteiger partial charge in [0.25, 0.3) is 0 Å². The standard InChI is InChI=1S/C12H19NO5/c1-8-5-9-6-12(16-3-4-17-12)7-10(15-2)13(9)11(14)18-8/h8-10H,3-7H2,1-2H3/t8-,9-,10-/m0/s1. The summed E-state index contributed by atoms with van der Waals surface area (Å²) in [5.74, 6) is -0.570. The number of amides is 1. The molecule has 6 heteroatoms. The molecule has 0 aliphatic carbocycles. The molecule has 3 atom stereocenters. The monoisotopic (exact) mass is 257 g/mol. The van der Waals surface area contributed by atoms with Crippen LogP contribution in [-0.4, -0.2) is 55.5 Å². The average Bonchev–Trinajstić information content (AvgIpc) is 2.75. The summed E-state index contributed by atoms with van der Waals surface area (Å²) < 4.78 is 22.2. The van der Waals surface area contributed by atoms with Gasteiger partial charge in [-0.25, -0.2) is 4.79 Å². The van der Waals surface area contributed by atoms with Crippen LogP contribution in [0.4, 0.5) is 4.79 Å². The lowest BCUT2D eigenvalue weighted by Crippen LogP contribution is -2.62. The first-order chi connectivity index (χ1) is 8.63. The van der Waals surface area contributed by atoms with Gasteiger partial charge in [0.15, 0.2) is 5.79 Å². The van der Waals surface area contributed by atoms with Crippen LogP contribution in [0.25, 0.3) is 0 Å². The fourth-order valence-electron chi connectivity index (χ4n) is 3.20. The number of methoxy groups -OCH3 is 1. The Balaban J connectivity index is 1.84. The van der Waals surface area contributed by atoms with Gasteiger partial charge in [-0.2, -0.15) is 0 Å². The largest absolute Gasteiger partial charge is 0.446 e. The van der Waals surface area contributed by atoms with E-state index in [1.54, 1.807) is 12.0 Å². The molecule has 3 saturated heterocycles. The number of carbonyl (C=O) groups is 1. The van der Waals surface area contributed by atoms with Crippen LogP contribution in [0.5, 0.6) is 0 Å². The number of fused-ring (bicyclic) bond motifs is 1. The van der Waals surface area contributed by atoms with Crippen molar-refractivity contribution in [3.63, 3.8) is 0 Å². The van der Waals surface area contributed by atoms with Crippen molar-refractivity contribution in [2.75, 3.05) is 20.3 Å². The molecule has 0 aromatic carbocycles. The van der Waals surface area contributed by atoms with Crippen molar-refractivity contribution in [1.82, 2.24) is 4.90 Å². The molecule has 0 saturated carbocycles. The molecule has 3 aliphatic heterocycles. The Bertz CT molecular complexity index is 341. The zero-order valence-corrected chi connectivity index (χ0v) is 10.8. The Hall–Kier alpha value is -0.850. The van der Waals surface area contributed by atoms with E-state index in [2.05, 4.69) is 0 Å². The molecule has 3 heterocycles. The number of nitrogens with zero attached hydrogens (tertiary/aromatic N) is 1. The summed E-state index contributed by atoms with van der Waals surface area (Å²) in [6.45, 7) is 3.14. The van der Waals surface area contributed by atoms with E-state index in [4.69, 9.17) is 18.9 Å². The van der Waals surface area contributed by atoms with Crippen LogP contribution in [0.15, 0.2) is 0 Å². The number of rotatable bonds is 1. The van der Waals surface area contributed by atoms with Crippen LogP contribution >= 0.6 is 0 Å². The SMILES string of the molecule is CO[C@H]1CC2(C[C@@H]3C[C@H](C)OC(=O)N31)OCCO2. The number of carbonyl (C=O) groups excluding carboxylic acids is 1. The van der Waals surface area contributed by atoms with Crippen LogP contribution in [-0.2, 0) is 18.9 Å². The second-order valence-corrected chi connectivity index (χ2v) is 5.20. The van der Waals surface area contributed by atoms with E-state index in [0.29, 0.717) is 26.1 Å². The summed E-state index contributed by atoms with van der Waals surface area (Å²) in [5.41, 5.74) is 0. The van der Waals surface area contributed by atoms with E-state index in [-0.39, 0.29) is 24.5 Å². The zero-order valence-electron chi connectivity index (χ0n) is 10.8. The lowest BCUT2D eigenvalue weighted by atomic mass is 9.90. The highest BCUT2D eigenvalue weighted by Crippen LogP contribution is 2.41. The predicted octanol–water partition coefficient (Wildman–Crippen LogP) is 1.10. The topological polar surface area (TPSA) is 57.2 Å². The van der Waals surface area contributed by atoms with E-state index < -0.39 is 5.79 Å². The number of hydrogen-bond acceptors (Lipinski definition) is 5. The average molecular weight is 257 g/mol. The maximum Gasteiger partial charge on any atom is 0.412 e. The minimum absolute atomic E-state index is 0.0622. The molecule has 1 amide bonds. The molecule has 6 nitrogen and oxygen atoms in total. The quantitative estimate of drug-likeness (QED) is 0.704. The van der Waals surface area contributed by atoms with Crippen LogP contribution < -0.4 is 0 Å². The van der Waals surface area contributed by atoms with Crippen molar-refractivity contribution < 1.29 is 23.7 Å². The number of cyclic esters (lactones) is 1. The second-order valence-electron chi connectivity index (χ2n) is 5.20. The molecule has 0 radical (unpaired) electrons. The van der Waals surface area contributed by atoms with E-state index in [1.807, 2.05) is 6.92 Å². The summed E-state index contributed by atoms with van der Waals surface area (Å²) in [6, 6.07) is 0.0676. The molecule has 0 N–H and O–H groups in total. The van der Waals surface area contributed by atoms with Gasteiger partial charge >= 0.3 is 6.09 Å². The molecule has 18 heavy (non-hydrogen) atoms. The minimum atomic E-state index is -0.570. The summed E-state index contributed by atoms with van der Waals surface area (Å²) in [7, 11) is 1.60. The maximum atomic E-state index is 12.0. The molecule has 0 aromatic rings. The molecular formula is C12H19NO5. The van der Waals surface area contributed by atoms with Gasteiger partial charge in [-0.3, -0.25) is 4.90 Å². The Morgan fingerprint density at radius 1 is 1.33 bits per heavy atom. The third kappa shape index (κ3) is 1.88. The van der Waals surface area contributed by atoms with Crippen molar-refractivity contribution in [3.05, 3.63) is 0 Å². The van der Waals surface area contributed by atoms with E-state index in [0.717, 1.165) is 6.42 Å². The fourth-order valence-corrected chi connectivity index (χ4v) is 3.20. The van der Waals surface area contributed by atoms with Crippen LogP contribution in [0.1, 0.15) is 26.2 Å². The van der Waals surface area contributed by atoms with Gasteiger partial charge < -0.3 is 18.9 Å². The highest BCUT2D eigenvalue weighted by molar-refractivity contribution is 5.69. The fraction of sp³-hybridized carbons (Fsp3) is 0.917. The van der Waals surface area contributed by atoms with Gasteiger partial charge in [-0.05, 0) is 6.92 Å². The lowest BCUT2D eigenvalue weighted by Gasteiger charge is -2.49. The highest BCUT2D eigenvalue weighted by atomic mass is 16.7. The van der Waals surface area contributed by atoms with Crippen molar-refractivity contribution in [3.8, 4) is 0 Å². The maximum absolute atomic E-state index is 12.0. The second kappa shape index (κ2) is 4.36. The van der Waals surface area contributed by atoms with Gasteiger partial charge in [0.05, 0.1) is 13.2 Å². The summed E-state index contributed by atoms with van der Waals surface area (Å²) in [5, 5.41) is 0. The molecule has 1 spiro atoms. The molecule has 0 aromatic heterocycles. The molecule has 0 bridgehead atoms. The summed E-state index contributed by atoms with van der Waals surface area (Å²) in [4.78, 5) is 13.6. The zero-order chi connectivity index (χ0) is 12.8. The number of ether oxygens (including phenoxy) is 4. The van der Waals surface area contributed by atoms with E-state index in [9.17, 15) is 4.79 Å². The Morgan fingerprint density at radius 2 is 2.06 bits per heavy atom. The Morgan fingerprint density at radius 3 is 2.72 bits per heavy atom. The lowest BCUT2D eigenvalue weighted by molar-refractivity contribution is -0.243. The van der Waals surface area contributed by atoms with Crippen LogP contribution in [0.3, 0.4) is 0 Å². The van der Waals surface area contributed by atoms with Gasteiger partial charge in [0, 0.05) is 32.4 Å². The first-order valence-electron chi connectivity index (χ1n) is 6.43. The third-order valence-corrected chi connectivity index (χ3v) is 3.94. The summed E-state index contributed by atoms with van der Waals surface area (Å²) in [6.07, 6.45) is 1.35. The van der Waals surface area contributed by atoms with Gasteiger partial charge in [-0.1, -0.05) is 0 Å². The Kier molecular flexibility index (Phi) is 2.96. The third-order valence-electron chi connectivity index (χ3n) is 3.94. The van der Waals surface area contributed by atoms with Crippen LogP contribution in [0.2, 0.25) is 0 Å². The first kappa shape index (κ1) is 12.2. The van der Waals surface area contributed by atoms with Crippen LogP contribution in [0, 0.1) is 0 Å². The van der Waals surface area contributed by atoms with Gasteiger partial charge in [0.1, 0.15) is 12.3 Å². The predicted molar refractivity (Wildman–Crippen MR) is 60.9 cm³/mol. The molecule has 3 aliphatic rings. The number of hydrogen-bond donors (Lipinski definition) is 0. The van der Waals surface area contributed by atoms with E-state index in [1.165, 1.54) is 0 Å². The first-order valence-corrected chi connectivity index (χ1v) is 6.43. The molecule has 3 rings (SSSR count). The van der Waals surface area contributed by atoms with Gasteiger partial charge in [0.2, 0.25) is 0 Å². The van der Waals surface area contributed by atoms with Crippen molar-refractivity contribution in [1.29, 1.82) is 0 Å².